The van der Waals surface area contributed by atoms with Gasteiger partial charge in [0.05, 0.1) is 26.4 Å². The average Bonchev–Trinajstić information content (AvgIpc) is 0.900. The third-order valence-electron chi connectivity index (χ3n) is 20.6. The molecule has 0 spiro atoms. The van der Waals surface area contributed by atoms with E-state index in [2.05, 4.69) is 65.8 Å². The summed E-state index contributed by atoms with van der Waals surface area (Å²) >= 11 is 0. The van der Waals surface area contributed by atoms with E-state index < -0.39 is 97.5 Å². The number of carbonyl (C=O) groups excluding carboxylic acids is 4. The summed E-state index contributed by atoms with van der Waals surface area (Å²) in [6, 6.07) is 0. The zero-order valence-electron chi connectivity index (χ0n) is 69.2. The van der Waals surface area contributed by atoms with Crippen molar-refractivity contribution in [2.24, 2.45) is 11.8 Å². The van der Waals surface area contributed by atoms with Crippen LogP contribution in [-0.4, -0.2) is 96.7 Å². The van der Waals surface area contributed by atoms with Gasteiger partial charge in [0.2, 0.25) is 0 Å². The van der Waals surface area contributed by atoms with Gasteiger partial charge in [0.25, 0.3) is 0 Å². The number of allylic oxidation sites excluding steroid dienone is 4. The van der Waals surface area contributed by atoms with E-state index in [-0.39, 0.29) is 25.7 Å². The summed E-state index contributed by atoms with van der Waals surface area (Å²) in [7, 11) is -9.93. The van der Waals surface area contributed by atoms with Crippen molar-refractivity contribution < 1.29 is 80.2 Å². The van der Waals surface area contributed by atoms with Crippen molar-refractivity contribution in [2.75, 3.05) is 39.6 Å². The smallest absolute Gasteiger partial charge is 0.462 e. The van der Waals surface area contributed by atoms with Crippen LogP contribution in [0.15, 0.2) is 24.3 Å². The molecule has 626 valence electrons. The number of phosphoric acid groups is 2. The molecule has 0 aliphatic carbocycles. The summed E-state index contributed by atoms with van der Waals surface area (Å²) in [6.07, 6.45) is 73.2. The highest BCUT2D eigenvalue weighted by atomic mass is 31.2. The molecule has 0 aliphatic rings. The molecular formula is C87H166O17P2. The largest absolute Gasteiger partial charge is 0.472 e. The number of ether oxygens (including phenoxy) is 4. The lowest BCUT2D eigenvalue weighted by molar-refractivity contribution is -0.161. The van der Waals surface area contributed by atoms with Crippen molar-refractivity contribution >= 4 is 39.5 Å². The van der Waals surface area contributed by atoms with Gasteiger partial charge in [-0.05, 0) is 63.2 Å². The number of rotatable bonds is 84. The number of aliphatic hydroxyl groups is 1. The molecule has 0 heterocycles. The van der Waals surface area contributed by atoms with Crippen LogP contribution in [0.2, 0.25) is 0 Å². The molecule has 4 unspecified atom stereocenters. The molecule has 0 aliphatic heterocycles. The summed E-state index contributed by atoms with van der Waals surface area (Å²) in [4.78, 5) is 73.0. The maximum Gasteiger partial charge on any atom is 0.472 e. The second kappa shape index (κ2) is 77.8. The highest BCUT2D eigenvalue weighted by molar-refractivity contribution is 7.47. The number of phosphoric ester groups is 2. The predicted octanol–water partition coefficient (Wildman–Crippen LogP) is 26.2. The first-order valence-corrected chi connectivity index (χ1v) is 47.4. The monoisotopic (exact) mass is 1550 g/mol. The molecule has 0 saturated heterocycles. The van der Waals surface area contributed by atoms with Crippen LogP contribution >= 0.6 is 15.6 Å². The molecule has 0 amide bonds. The Morgan fingerprint density at radius 1 is 0.302 bits per heavy atom. The molecule has 0 radical (unpaired) electrons. The normalized spacial score (nSPS) is 14.5. The van der Waals surface area contributed by atoms with Crippen LogP contribution in [-0.2, 0) is 65.4 Å². The van der Waals surface area contributed by atoms with E-state index in [1.54, 1.807) is 0 Å². The lowest BCUT2D eigenvalue weighted by Crippen LogP contribution is -2.30. The molecular weight excluding hydrogens is 1380 g/mol. The van der Waals surface area contributed by atoms with Gasteiger partial charge in [-0.2, -0.15) is 0 Å². The van der Waals surface area contributed by atoms with Gasteiger partial charge in [-0.25, -0.2) is 9.13 Å². The molecule has 0 rings (SSSR count). The molecule has 106 heavy (non-hydrogen) atoms. The fourth-order valence-corrected chi connectivity index (χ4v) is 14.6. The van der Waals surface area contributed by atoms with Crippen molar-refractivity contribution in [3.63, 3.8) is 0 Å². The molecule has 3 N–H and O–H groups in total. The van der Waals surface area contributed by atoms with Crippen LogP contribution < -0.4 is 0 Å². The Hall–Kier alpha value is -2.46. The number of carbonyl (C=O) groups is 4. The number of unbranched alkanes of at least 4 members (excludes halogenated alkanes) is 49. The standard InChI is InChI=1S/C87H166O17P2/c1-7-11-13-15-17-18-19-20-29-37-42-47-53-59-65-71-86(91)103-82(75-97-84(89)69-63-57-49-16-14-12-8-2)77-101-105(93,94)99-73-81(88)74-100-106(95,96)102-78-83(104-87(92)72-66-60-54-48-43-38-33-28-24-22-26-31-35-40-45-51-56-62-68-80(6)10-4)76-98-85(90)70-64-58-52-46-41-36-32-27-23-21-25-30-34-39-44-50-55-61-67-79(5)9-3/h18-20,29,79-83,88H,7-17,21-28,30-78H2,1-6H3,(H,93,94)(H,95,96)/b19-18-,29-20-/t79?,80?,81-,82+,83+/m0/s1. The van der Waals surface area contributed by atoms with Crippen molar-refractivity contribution in [3.05, 3.63) is 24.3 Å². The summed E-state index contributed by atoms with van der Waals surface area (Å²) in [5, 5.41) is 10.6. The Morgan fingerprint density at radius 2 is 0.528 bits per heavy atom. The van der Waals surface area contributed by atoms with Gasteiger partial charge in [0.1, 0.15) is 19.3 Å². The Kier molecular flexibility index (Phi) is 76.0. The molecule has 7 atom stereocenters. The molecule has 17 nitrogen and oxygen atoms in total. The van der Waals surface area contributed by atoms with Gasteiger partial charge >= 0.3 is 39.5 Å². The average molecular weight is 1550 g/mol. The Labute approximate surface area is 650 Å². The molecule has 0 fully saturated rings. The summed E-state index contributed by atoms with van der Waals surface area (Å²) in [5.74, 6) is -0.395. The van der Waals surface area contributed by atoms with Crippen LogP contribution in [0.4, 0.5) is 0 Å². The lowest BCUT2D eigenvalue weighted by Gasteiger charge is -2.21. The zero-order valence-corrected chi connectivity index (χ0v) is 71.0. The zero-order chi connectivity index (χ0) is 77.8. The van der Waals surface area contributed by atoms with E-state index in [0.717, 1.165) is 127 Å². The second-order valence-electron chi connectivity index (χ2n) is 31.1. The first kappa shape index (κ1) is 104. The first-order valence-electron chi connectivity index (χ1n) is 44.4. The topological polar surface area (TPSA) is 237 Å². The van der Waals surface area contributed by atoms with Gasteiger partial charge in [-0.15, -0.1) is 0 Å². The number of esters is 4. The van der Waals surface area contributed by atoms with Gasteiger partial charge in [0.15, 0.2) is 12.2 Å². The first-order chi connectivity index (χ1) is 51.4. The van der Waals surface area contributed by atoms with Crippen molar-refractivity contribution in [1.29, 1.82) is 0 Å². The quantitative estimate of drug-likeness (QED) is 0.0169. The minimum absolute atomic E-state index is 0.0849. The predicted molar refractivity (Wildman–Crippen MR) is 437 cm³/mol. The fourth-order valence-electron chi connectivity index (χ4n) is 13.0. The maximum atomic E-state index is 13.1. The minimum atomic E-state index is -4.97. The van der Waals surface area contributed by atoms with Gasteiger partial charge in [0, 0.05) is 25.7 Å². The van der Waals surface area contributed by atoms with Gasteiger partial charge in [-0.1, -0.05) is 387 Å². The maximum absolute atomic E-state index is 13.1. The van der Waals surface area contributed by atoms with Crippen molar-refractivity contribution in [3.8, 4) is 0 Å². The van der Waals surface area contributed by atoms with E-state index >= 15 is 0 Å². The Morgan fingerprint density at radius 3 is 0.802 bits per heavy atom. The minimum Gasteiger partial charge on any atom is -0.462 e. The summed E-state index contributed by atoms with van der Waals surface area (Å²) < 4.78 is 68.7. The number of hydrogen-bond donors (Lipinski definition) is 3. The molecule has 0 bridgehead atoms. The molecule has 19 heteroatoms. The third-order valence-corrected chi connectivity index (χ3v) is 22.5. The number of hydrogen-bond acceptors (Lipinski definition) is 15. The van der Waals surface area contributed by atoms with Crippen LogP contribution in [0.25, 0.3) is 0 Å². The van der Waals surface area contributed by atoms with Gasteiger partial charge in [-0.3, -0.25) is 37.3 Å². The van der Waals surface area contributed by atoms with E-state index in [0.29, 0.717) is 25.7 Å². The SMILES string of the molecule is CCCCCC/C=C\C=C/CCCCCCCC(=O)O[C@H](COC(=O)CCCCCCCCC)COP(=O)(O)OC[C@H](O)COP(=O)(O)OC[C@@H](COC(=O)CCCCCCCCCCCCCCCCCCCCC(C)CC)OC(=O)CCCCCCCCCCCCCCCCCCCCC(C)CC. The van der Waals surface area contributed by atoms with Gasteiger partial charge < -0.3 is 33.8 Å². The van der Waals surface area contributed by atoms with E-state index in [1.807, 2.05) is 0 Å². The van der Waals surface area contributed by atoms with Crippen molar-refractivity contribution in [2.45, 2.75) is 458 Å². The van der Waals surface area contributed by atoms with E-state index in [9.17, 15) is 43.2 Å². The Balaban J connectivity index is 5.18. The van der Waals surface area contributed by atoms with E-state index in [4.69, 9.17) is 37.0 Å². The van der Waals surface area contributed by atoms with E-state index in [1.165, 1.54) is 231 Å². The molecule has 0 aromatic carbocycles. The van der Waals surface area contributed by atoms with Crippen LogP contribution in [0, 0.1) is 11.8 Å². The second-order valence-corrected chi connectivity index (χ2v) is 34.0. The summed E-state index contributed by atoms with van der Waals surface area (Å²) in [6.45, 7) is 9.69. The van der Waals surface area contributed by atoms with Crippen LogP contribution in [0.5, 0.6) is 0 Å². The van der Waals surface area contributed by atoms with Crippen LogP contribution in [0.1, 0.15) is 440 Å². The molecule has 0 saturated carbocycles. The molecule has 0 aromatic heterocycles. The highest BCUT2D eigenvalue weighted by Crippen LogP contribution is 2.45. The Bertz CT molecular complexity index is 2130. The lowest BCUT2D eigenvalue weighted by atomic mass is 9.99. The number of aliphatic hydroxyl groups excluding tert-OH is 1. The fraction of sp³-hybridized carbons (Fsp3) is 0.908. The van der Waals surface area contributed by atoms with Crippen LogP contribution in [0.3, 0.4) is 0 Å². The highest BCUT2D eigenvalue weighted by Gasteiger charge is 2.30. The van der Waals surface area contributed by atoms with Crippen molar-refractivity contribution in [1.82, 2.24) is 0 Å². The summed E-state index contributed by atoms with van der Waals surface area (Å²) in [5.41, 5.74) is 0. The molecule has 0 aromatic rings. The third kappa shape index (κ3) is 76.9.